The quantitative estimate of drug-likeness (QED) is 0.0427. The highest BCUT2D eigenvalue weighted by atomic mass is 16.8. The third kappa shape index (κ3) is 17.6. The molecule has 8 saturated heterocycles. The summed E-state index contributed by atoms with van der Waals surface area (Å²) in [5.41, 5.74) is 0. The summed E-state index contributed by atoms with van der Waals surface area (Å²) < 4.78 is 88.1. The fourth-order valence-electron chi connectivity index (χ4n) is 12.4. The summed E-state index contributed by atoms with van der Waals surface area (Å²) in [6.07, 6.45) is -73.7. The van der Waals surface area contributed by atoms with Gasteiger partial charge in [0.1, 0.15) is 189 Å². The Hall–Kier alpha value is -3.07. The number of hydrogen-bond donors (Lipinski definition) is 25. The van der Waals surface area contributed by atoms with Gasteiger partial charge in [0.15, 0.2) is 50.3 Å². The first kappa shape index (κ1) is 79.6. The van der Waals surface area contributed by atoms with E-state index in [0.717, 1.165) is 20.8 Å². The molecule has 43 nitrogen and oxygen atoms in total. The van der Waals surface area contributed by atoms with Crippen LogP contribution in [0.3, 0.4) is 0 Å². The topological polar surface area (TPSA) is 671 Å². The molecule has 1 unspecified atom stereocenters. The molecular formula is C54H91N3O40. The second kappa shape index (κ2) is 34.5. The molecule has 0 aromatic rings. The van der Waals surface area contributed by atoms with E-state index in [1.165, 1.54) is 6.92 Å². The van der Waals surface area contributed by atoms with Crippen LogP contribution in [0.25, 0.3) is 0 Å². The summed E-state index contributed by atoms with van der Waals surface area (Å²) in [6, 6.07) is -5.37. The molecule has 0 aliphatic carbocycles. The predicted octanol–water partition coefficient (Wildman–Crippen LogP) is -17.0. The molecule has 0 spiro atoms. The van der Waals surface area contributed by atoms with Crippen LogP contribution in [0, 0.1) is 0 Å². The zero-order chi connectivity index (χ0) is 71.5. The predicted molar refractivity (Wildman–Crippen MR) is 298 cm³/mol. The van der Waals surface area contributed by atoms with Gasteiger partial charge in [0.05, 0.1) is 52.4 Å². The number of ether oxygens (including phenoxy) is 15. The number of aliphatic hydroxyl groups is 22. The molecule has 97 heavy (non-hydrogen) atoms. The van der Waals surface area contributed by atoms with Crippen molar-refractivity contribution in [2.24, 2.45) is 0 Å². The van der Waals surface area contributed by atoms with E-state index in [-0.39, 0.29) is 0 Å². The lowest BCUT2D eigenvalue weighted by atomic mass is 9.94. The van der Waals surface area contributed by atoms with Crippen LogP contribution in [-0.4, -0.2) is 422 Å². The number of nitrogens with one attached hydrogen (secondary N) is 3. The number of amides is 3. The van der Waals surface area contributed by atoms with Crippen LogP contribution >= 0.6 is 0 Å². The van der Waals surface area contributed by atoms with Crippen LogP contribution in [0.4, 0.5) is 0 Å². The first-order chi connectivity index (χ1) is 45.8. The lowest BCUT2D eigenvalue weighted by molar-refractivity contribution is -0.396. The van der Waals surface area contributed by atoms with E-state index in [0.29, 0.717) is 0 Å². The van der Waals surface area contributed by atoms with Gasteiger partial charge in [0.2, 0.25) is 17.7 Å². The number of aliphatic hydroxyl groups excluding tert-OH is 22. The van der Waals surface area contributed by atoms with Gasteiger partial charge in [-0.05, 0) is 6.92 Å². The van der Waals surface area contributed by atoms with E-state index < -0.39 is 309 Å². The Morgan fingerprint density at radius 2 is 0.639 bits per heavy atom. The Bertz CT molecular complexity index is 2500. The summed E-state index contributed by atoms with van der Waals surface area (Å²) in [4.78, 5) is 37.7. The molecule has 0 bridgehead atoms. The minimum Gasteiger partial charge on any atom is -0.394 e. The van der Waals surface area contributed by atoms with Gasteiger partial charge in [-0.25, -0.2) is 0 Å². The van der Waals surface area contributed by atoms with E-state index in [4.69, 9.17) is 71.1 Å². The summed E-state index contributed by atoms with van der Waals surface area (Å²) in [6.45, 7) is -2.91. The van der Waals surface area contributed by atoms with Gasteiger partial charge in [-0.3, -0.25) is 14.4 Å². The maximum absolute atomic E-state index is 13.0. The zero-order valence-corrected chi connectivity index (χ0v) is 52.2. The third-order valence-corrected chi connectivity index (χ3v) is 17.8. The monoisotopic (exact) mass is 1420 g/mol. The molecule has 8 aliphatic rings. The molecule has 0 saturated carbocycles. The molecule has 8 rings (SSSR count). The number of hydrogen-bond acceptors (Lipinski definition) is 40. The largest absolute Gasteiger partial charge is 0.394 e. The molecule has 8 fully saturated rings. The van der Waals surface area contributed by atoms with Crippen molar-refractivity contribution in [2.45, 2.75) is 273 Å². The molecule has 8 aliphatic heterocycles. The molecule has 8 heterocycles. The highest BCUT2D eigenvalue weighted by molar-refractivity contribution is 5.74. The van der Waals surface area contributed by atoms with Crippen molar-refractivity contribution in [3.63, 3.8) is 0 Å². The van der Waals surface area contributed by atoms with Gasteiger partial charge in [0, 0.05) is 20.8 Å². The van der Waals surface area contributed by atoms with Gasteiger partial charge in [-0.15, -0.1) is 0 Å². The molecule has 562 valence electrons. The van der Waals surface area contributed by atoms with Gasteiger partial charge in [-0.2, -0.15) is 0 Å². The Labute approximate surface area is 549 Å². The normalized spacial score (nSPS) is 49.9. The second-order valence-corrected chi connectivity index (χ2v) is 24.6. The van der Waals surface area contributed by atoms with E-state index in [9.17, 15) is 127 Å². The van der Waals surface area contributed by atoms with Crippen LogP contribution in [-0.2, 0) is 85.4 Å². The maximum atomic E-state index is 13.0. The minimum atomic E-state index is -2.49. The summed E-state index contributed by atoms with van der Waals surface area (Å²) in [7, 11) is 0. The van der Waals surface area contributed by atoms with E-state index >= 15 is 0 Å². The van der Waals surface area contributed by atoms with Gasteiger partial charge in [0.25, 0.3) is 0 Å². The maximum Gasteiger partial charge on any atom is 0.217 e. The van der Waals surface area contributed by atoms with Gasteiger partial charge in [-0.1, -0.05) is 0 Å². The van der Waals surface area contributed by atoms with Crippen LogP contribution < -0.4 is 16.0 Å². The van der Waals surface area contributed by atoms with Crippen LogP contribution in [0.1, 0.15) is 27.7 Å². The molecule has 43 heteroatoms. The van der Waals surface area contributed by atoms with Gasteiger partial charge < -0.3 is 199 Å². The Morgan fingerprint density at radius 3 is 1.11 bits per heavy atom. The zero-order valence-electron chi connectivity index (χ0n) is 52.2. The SMILES string of the molecule is CC(=O)N[C@H]1[C@H](O[C@H]2[C@H](O)[C@@H](O)C(O)O[C@@H]2CO[C@@H]2O[C@@H](C)[C@@H](O)[C@@H](O)[C@@H]2O)O[C@H](CO)[C@@H](O[C@@H]2O[C@H](CO[C@H]3O[C@H](CO)[C@@H](O)[C@H](O)[C@@H]3O[C@@H]3O[C@H](CO)[C@@H](O)[C@H](O)[C@H]3NC(C)=O)[C@@H](O)[C@H](O[C@H]3O[C@H](CO)[C@@H](O)[C@H](O)[C@@H]3O[C@@H]3O[C@H](CO)[C@@H](O)[C@H](O)[C@H]3NC(C)=O)[C@@H]2O)[C@@H]1O. The van der Waals surface area contributed by atoms with Crippen molar-refractivity contribution in [3.05, 3.63) is 0 Å². The number of carbonyl (C=O) groups excluding carboxylic acids is 3. The molecule has 0 radical (unpaired) electrons. The molecule has 25 N–H and O–H groups in total. The van der Waals surface area contributed by atoms with Crippen LogP contribution in [0.5, 0.6) is 0 Å². The molecule has 3 amide bonds. The van der Waals surface area contributed by atoms with Crippen molar-refractivity contribution in [3.8, 4) is 0 Å². The van der Waals surface area contributed by atoms with Crippen LogP contribution in [0.15, 0.2) is 0 Å². The standard InChI is InChI=1S/C54H91N3O40/c1-12-26(66)35(75)40(80)51(85-12)83-11-22-43(38(78)39(79)47(82)86-22)93-50-25(57-15(4)65)34(74)42(20(9-62)91-50)94-52-41(81)44(95-54-46(37(77)30(70)19(8-61)90-54)97-49-24(56-14(3)64)33(73)28(68)17(6-59)88-49)31(71)21(92-52)10-84-53-45(36(76)29(69)18(7-60)89-53)96-48-23(55-13(2)63)32(72)27(67)16(5-58)87-48/h12,16-54,58-62,66-82H,5-11H2,1-4H3,(H,55,63)(H,56,64)(H,57,65)/t12-,16+,17+,18+,19+,20+,21+,22+,23+,24+,25+,26+,27+,28+,29+,30+,31+,32+,33+,34+,35+,36-,37-,38+,39+,40-,41-,42+,43+,44-,45-,46-,47?,48-,49-,50-,51+,52-,53-,54+/m0/s1. The Balaban J connectivity index is 1.12. The van der Waals surface area contributed by atoms with Crippen molar-refractivity contribution in [1.29, 1.82) is 0 Å². The highest BCUT2D eigenvalue weighted by Gasteiger charge is 2.59. The Morgan fingerprint density at radius 1 is 0.289 bits per heavy atom. The van der Waals surface area contributed by atoms with Crippen molar-refractivity contribution < 1.29 is 198 Å². The van der Waals surface area contributed by atoms with Gasteiger partial charge >= 0.3 is 0 Å². The molecular weight excluding hydrogens is 1330 g/mol. The lowest BCUT2D eigenvalue weighted by Gasteiger charge is -2.51. The lowest BCUT2D eigenvalue weighted by Crippen LogP contribution is -2.70. The molecule has 0 aromatic carbocycles. The minimum absolute atomic E-state index is 0.809. The Kier molecular flexibility index (Phi) is 28.3. The summed E-state index contributed by atoms with van der Waals surface area (Å²) >= 11 is 0. The smallest absolute Gasteiger partial charge is 0.217 e. The highest BCUT2D eigenvalue weighted by Crippen LogP contribution is 2.38. The van der Waals surface area contributed by atoms with Crippen molar-refractivity contribution in [2.75, 3.05) is 46.2 Å². The number of carbonyl (C=O) groups is 3. The fourth-order valence-corrected chi connectivity index (χ4v) is 12.4. The summed E-state index contributed by atoms with van der Waals surface area (Å²) in [5, 5.41) is 249. The van der Waals surface area contributed by atoms with E-state index in [1.54, 1.807) is 0 Å². The first-order valence-electron chi connectivity index (χ1n) is 31.0. The summed E-state index contributed by atoms with van der Waals surface area (Å²) in [5.74, 6) is -2.60. The average molecular weight is 1420 g/mol. The van der Waals surface area contributed by atoms with Crippen LogP contribution in [0.2, 0.25) is 0 Å². The molecule has 0 aromatic heterocycles. The van der Waals surface area contributed by atoms with E-state index in [2.05, 4.69) is 16.0 Å². The number of rotatable bonds is 24. The average Bonchev–Trinajstić information content (AvgIpc) is 0.777. The fraction of sp³-hybridized carbons (Fsp3) is 0.944. The third-order valence-electron chi connectivity index (χ3n) is 17.8. The second-order valence-electron chi connectivity index (χ2n) is 24.6. The van der Waals surface area contributed by atoms with E-state index in [1.807, 2.05) is 0 Å². The van der Waals surface area contributed by atoms with Crippen molar-refractivity contribution >= 4 is 17.7 Å². The van der Waals surface area contributed by atoms with Crippen molar-refractivity contribution in [1.82, 2.24) is 16.0 Å². The first-order valence-corrected chi connectivity index (χ1v) is 31.0. The molecule has 40 atom stereocenters.